The summed E-state index contributed by atoms with van der Waals surface area (Å²) in [6, 6.07) is 0. The Labute approximate surface area is 42.4 Å². The summed E-state index contributed by atoms with van der Waals surface area (Å²) < 4.78 is 0. The fraction of sp³-hybridized carbons (Fsp3) is 0.200. The lowest BCUT2D eigenvalue weighted by Gasteiger charge is -1.76. The lowest BCUT2D eigenvalue weighted by Crippen LogP contribution is -1.80. The van der Waals surface area contributed by atoms with Gasteiger partial charge in [0.25, 0.3) is 0 Å². The average Bonchev–Trinajstić information content (AvgIpc) is 1.72. The zero-order chi connectivity index (χ0) is 5.70. The molecule has 0 aliphatic rings. The van der Waals surface area contributed by atoms with Gasteiger partial charge in [-0.3, -0.25) is 4.79 Å². The number of carbonyl (C=O) groups is 1. The molecule has 0 aromatic heterocycles. The number of hydrogen-bond acceptors (Lipinski definition) is 2. The summed E-state index contributed by atoms with van der Waals surface area (Å²) in [7, 11) is 0. The molecule has 1 N–H and O–H groups in total. The van der Waals surface area contributed by atoms with Gasteiger partial charge in [-0.25, -0.2) is 0 Å². The summed E-state index contributed by atoms with van der Waals surface area (Å²) >= 11 is 0. The molecule has 0 spiro atoms. The van der Waals surface area contributed by atoms with Gasteiger partial charge in [0.15, 0.2) is 6.29 Å². The maximum absolute atomic E-state index is 9.75. The van der Waals surface area contributed by atoms with E-state index in [4.69, 9.17) is 5.41 Å². The van der Waals surface area contributed by atoms with Gasteiger partial charge in [-0.15, -0.1) is 0 Å². The van der Waals surface area contributed by atoms with Crippen LogP contribution >= 0.6 is 0 Å². The Morgan fingerprint density at radius 3 is 2.29 bits per heavy atom. The van der Waals surface area contributed by atoms with Gasteiger partial charge in [-0.2, -0.15) is 0 Å². The van der Waals surface area contributed by atoms with Crippen molar-refractivity contribution >= 4 is 12.5 Å². The van der Waals surface area contributed by atoms with Crippen LogP contribution in [0.3, 0.4) is 0 Å². The van der Waals surface area contributed by atoms with Crippen molar-refractivity contribution in [1.82, 2.24) is 0 Å². The molecule has 0 heterocycles. The van der Waals surface area contributed by atoms with Gasteiger partial charge in [0.2, 0.25) is 0 Å². The van der Waals surface area contributed by atoms with Gasteiger partial charge in [0, 0.05) is 11.8 Å². The van der Waals surface area contributed by atoms with Crippen molar-refractivity contribution in [1.29, 1.82) is 5.41 Å². The summed E-state index contributed by atoms with van der Waals surface area (Å²) in [6.07, 6.45) is 3.25. The minimum absolute atomic E-state index is 0.417. The van der Waals surface area contributed by atoms with Crippen molar-refractivity contribution in [2.45, 2.75) is 6.92 Å². The quantitative estimate of drug-likeness (QED) is 0.309. The first-order valence-electron chi connectivity index (χ1n) is 1.97. The zero-order valence-electron chi connectivity index (χ0n) is 4.14. The van der Waals surface area contributed by atoms with Crippen LogP contribution in [0.15, 0.2) is 11.6 Å². The van der Waals surface area contributed by atoms with Crippen LogP contribution in [0.2, 0.25) is 0 Å². The molecule has 0 amide bonds. The highest BCUT2D eigenvalue weighted by Crippen LogP contribution is 1.78. The van der Waals surface area contributed by atoms with Crippen molar-refractivity contribution in [3.8, 4) is 0 Å². The molecule has 0 rings (SSSR count). The van der Waals surface area contributed by atoms with E-state index >= 15 is 0 Å². The SMILES string of the molecule is C/C=C(\C=N)C=O. The van der Waals surface area contributed by atoms with Crippen molar-refractivity contribution in [2.75, 3.05) is 0 Å². The first kappa shape index (κ1) is 6.08. The predicted octanol–water partition coefficient (Wildman–Crippen LogP) is 0.781. The molecule has 0 unspecified atom stereocenters. The first-order chi connectivity index (χ1) is 3.35. The summed E-state index contributed by atoms with van der Waals surface area (Å²) in [5, 5.41) is 6.54. The molecule has 0 aromatic rings. The third-order valence-corrected chi connectivity index (χ3v) is 0.636. The molecule has 0 saturated carbocycles. The minimum atomic E-state index is 0.417. The highest BCUT2D eigenvalue weighted by molar-refractivity contribution is 6.00. The number of hydrogen-bond donors (Lipinski definition) is 1. The standard InChI is InChI=1S/C5H7NO/c1-2-5(3-6)4-7/h2-4,6H,1H3/b5-2+,6-3?. The predicted molar refractivity (Wildman–Crippen MR) is 28.6 cm³/mol. The average molecular weight is 97.1 g/mol. The topological polar surface area (TPSA) is 40.9 Å². The summed E-state index contributed by atoms with van der Waals surface area (Å²) in [5.41, 5.74) is 0.417. The molecule has 0 fully saturated rings. The number of allylic oxidation sites excluding steroid dienone is 2. The Morgan fingerprint density at radius 2 is 2.29 bits per heavy atom. The Hall–Kier alpha value is -0.920. The normalized spacial score (nSPS) is 10.7. The highest BCUT2D eigenvalue weighted by atomic mass is 16.1. The smallest absolute Gasteiger partial charge is 0.151 e. The second kappa shape index (κ2) is 3.28. The van der Waals surface area contributed by atoms with Crippen molar-refractivity contribution in [3.05, 3.63) is 11.6 Å². The molecular formula is C5H7NO. The van der Waals surface area contributed by atoms with Crippen LogP contribution < -0.4 is 0 Å². The minimum Gasteiger partial charge on any atom is -0.308 e. The Balaban J connectivity index is 3.85. The monoisotopic (exact) mass is 97.1 g/mol. The van der Waals surface area contributed by atoms with Crippen molar-refractivity contribution < 1.29 is 4.79 Å². The van der Waals surface area contributed by atoms with Crippen molar-refractivity contribution in [3.63, 3.8) is 0 Å². The Bertz CT molecular complexity index is 94.6. The Morgan fingerprint density at radius 1 is 1.71 bits per heavy atom. The van der Waals surface area contributed by atoms with Gasteiger partial charge in [0.1, 0.15) is 0 Å². The molecule has 38 valence electrons. The van der Waals surface area contributed by atoms with Gasteiger partial charge >= 0.3 is 0 Å². The van der Waals surface area contributed by atoms with E-state index < -0.39 is 0 Å². The molecule has 0 aliphatic heterocycles. The summed E-state index contributed by atoms with van der Waals surface area (Å²) in [6.45, 7) is 1.72. The molecule has 0 radical (unpaired) electrons. The van der Waals surface area contributed by atoms with E-state index in [0.29, 0.717) is 11.9 Å². The van der Waals surface area contributed by atoms with Gasteiger partial charge in [-0.05, 0) is 6.92 Å². The first-order valence-corrected chi connectivity index (χ1v) is 1.97. The summed E-state index contributed by atoms with van der Waals surface area (Å²) in [4.78, 5) is 9.75. The van der Waals surface area contributed by atoms with E-state index in [9.17, 15) is 4.79 Å². The van der Waals surface area contributed by atoms with E-state index in [2.05, 4.69) is 0 Å². The fourth-order valence-electron chi connectivity index (χ4n) is 0.185. The largest absolute Gasteiger partial charge is 0.308 e. The highest BCUT2D eigenvalue weighted by Gasteiger charge is 1.79. The zero-order valence-corrected chi connectivity index (χ0v) is 4.14. The van der Waals surface area contributed by atoms with Gasteiger partial charge < -0.3 is 5.41 Å². The molecule has 0 aromatic carbocycles. The van der Waals surface area contributed by atoms with E-state index in [1.807, 2.05) is 0 Å². The van der Waals surface area contributed by atoms with Crippen LogP contribution in [0, 0.1) is 5.41 Å². The molecule has 0 aliphatic carbocycles. The molecule has 2 heteroatoms. The maximum Gasteiger partial charge on any atom is 0.151 e. The van der Waals surface area contributed by atoms with Crippen LogP contribution in [0.25, 0.3) is 0 Å². The number of rotatable bonds is 2. The van der Waals surface area contributed by atoms with Crippen LogP contribution in [0.5, 0.6) is 0 Å². The molecular weight excluding hydrogens is 90.1 g/mol. The lowest BCUT2D eigenvalue weighted by molar-refractivity contribution is -0.104. The van der Waals surface area contributed by atoms with Gasteiger partial charge in [0.05, 0.1) is 0 Å². The maximum atomic E-state index is 9.75. The van der Waals surface area contributed by atoms with Crippen LogP contribution in [0.4, 0.5) is 0 Å². The van der Waals surface area contributed by atoms with E-state index in [1.54, 1.807) is 13.0 Å². The van der Waals surface area contributed by atoms with Crippen molar-refractivity contribution in [2.24, 2.45) is 0 Å². The van der Waals surface area contributed by atoms with E-state index in [0.717, 1.165) is 6.21 Å². The molecule has 7 heavy (non-hydrogen) atoms. The van der Waals surface area contributed by atoms with E-state index in [-0.39, 0.29) is 0 Å². The number of nitrogens with one attached hydrogen (secondary N) is 1. The molecule has 0 atom stereocenters. The second-order valence-electron chi connectivity index (χ2n) is 1.05. The van der Waals surface area contributed by atoms with Crippen LogP contribution in [-0.4, -0.2) is 12.5 Å². The third-order valence-electron chi connectivity index (χ3n) is 0.636. The molecule has 0 saturated heterocycles. The Kier molecular flexibility index (Phi) is 2.85. The van der Waals surface area contributed by atoms with Gasteiger partial charge in [-0.1, -0.05) is 6.08 Å². The lowest BCUT2D eigenvalue weighted by atomic mass is 10.3. The van der Waals surface area contributed by atoms with E-state index in [1.165, 1.54) is 0 Å². The van der Waals surface area contributed by atoms with Crippen LogP contribution in [-0.2, 0) is 4.79 Å². The number of carbonyl (C=O) groups excluding carboxylic acids is 1. The summed E-state index contributed by atoms with van der Waals surface area (Å²) in [5.74, 6) is 0. The fourth-order valence-corrected chi connectivity index (χ4v) is 0.185. The third kappa shape index (κ3) is 1.87. The second-order valence-corrected chi connectivity index (χ2v) is 1.05. The molecule has 2 nitrogen and oxygen atoms in total. The van der Waals surface area contributed by atoms with Crippen LogP contribution in [0.1, 0.15) is 6.92 Å². The number of aldehydes is 1. The molecule has 0 bridgehead atoms.